The summed E-state index contributed by atoms with van der Waals surface area (Å²) in [7, 11) is 0. The van der Waals surface area contributed by atoms with Crippen LogP contribution in [-0.2, 0) is 6.54 Å². The first-order valence-corrected chi connectivity index (χ1v) is 6.31. The molecule has 0 atom stereocenters. The molecule has 0 saturated carbocycles. The minimum Gasteiger partial charge on any atom is -0.164 e. The van der Waals surface area contributed by atoms with Crippen molar-refractivity contribution in [2.45, 2.75) is 13.5 Å². The number of nitrogens with zero attached hydrogens (tertiary/aromatic N) is 4. The van der Waals surface area contributed by atoms with Crippen molar-refractivity contribution >= 4 is 0 Å². The molecule has 0 bridgehead atoms. The van der Waals surface area contributed by atoms with Gasteiger partial charge in [0.2, 0.25) is 5.82 Å². The van der Waals surface area contributed by atoms with E-state index < -0.39 is 0 Å². The van der Waals surface area contributed by atoms with Crippen LogP contribution < -0.4 is 0 Å². The molecule has 3 rings (SSSR count). The van der Waals surface area contributed by atoms with Crippen molar-refractivity contribution in [1.82, 2.24) is 20.2 Å². The summed E-state index contributed by atoms with van der Waals surface area (Å²) >= 11 is 0. The van der Waals surface area contributed by atoms with Crippen LogP contribution in [0.4, 0.5) is 0 Å². The maximum absolute atomic E-state index is 4.38. The first kappa shape index (κ1) is 11.6. The lowest BCUT2D eigenvalue weighted by atomic mass is 9.99. The van der Waals surface area contributed by atoms with E-state index in [0.717, 1.165) is 23.2 Å². The summed E-state index contributed by atoms with van der Waals surface area (Å²) in [5, 5.41) is 12.5. The molecule has 0 aliphatic heterocycles. The first-order chi connectivity index (χ1) is 9.38. The largest absolute Gasteiger partial charge is 0.205 e. The van der Waals surface area contributed by atoms with Gasteiger partial charge < -0.3 is 0 Å². The molecule has 19 heavy (non-hydrogen) atoms. The summed E-state index contributed by atoms with van der Waals surface area (Å²) in [6, 6.07) is 18.4. The van der Waals surface area contributed by atoms with Crippen molar-refractivity contribution in [3.63, 3.8) is 0 Å². The van der Waals surface area contributed by atoms with Crippen LogP contribution in [0.25, 0.3) is 22.5 Å². The standard InChI is InChI=1S/C15H14N4/c1-2-19-17-15(16-18-19)14-11-7-6-10-13(14)12-8-4-3-5-9-12/h3-11H,2H2,1H3. The lowest BCUT2D eigenvalue weighted by molar-refractivity contribution is 0.553. The number of hydrogen-bond donors (Lipinski definition) is 0. The van der Waals surface area contributed by atoms with Crippen LogP contribution in [0, 0.1) is 0 Å². The highest BCUT2D eigenvalue weighted by molar-refractivity contribution is 5.80. The zero-order valence-electron chi connectivity index (χ0n) is 10.7. The average molecular weight is 250 g/mol. The van der Waals surface area contributed by atoms with Crippen molar-refractivity contribution in [3.05, 3.63) is 54.6 Å². The number of hydrogen-bond acceptors (Lipinski definition) is 3. The first-order valence-electron chi connectivity index (χ1n) is 6.31. The van der Waals surface area contributed by atoms with Crippen LogP contribution in [0.3, 0.4) is 0 Å². The van der Waals surface area contributed by atoms with Gasteiger partial charge in [-0.2, -0.15) is 4.80 Å². The van der Waals surface area contributed by atoms with E-state index in [1.54, 1.807) is 4.80 Å². The summed E-state index contributed by atoms with van der Waals surface area (Å²) in [6.07, 6.45) is 0. The van der Waals surface area contributed by atoms with Crippen molar-refractivity contribution in [2.24, 2.45) is 0 Å². The second-order valence-electron chi connectivity index (χ2n) is 4.21. The number of tetrazole rings is 1. The van der Waals surface area contributed by atoms with E-state index in [1.165, 1.54) is 0 Å². The number of benzene rings is 2. The van der Waals surface area contributed by atoms with Crippen LogP contribution in [-0.4, -0.2) is 20.2 Å². The summed E-state index contributed by atoms with van der Waals surface area (Å²) in [5.74, 6) is 0.668. The lowest BCUT2D eigenvalue weighted by Gasteiger charge is -2.06. The Bertz CT molecular complexity index is 673. The van der Waals surface area contributed by atoms with Gasteiger partial charge >= 0.3 is 0 Å². The van der Waals surface area contributed by atoms with E-state index >= 15 is 0 Å². The van der Waals surface area contributed by atoms with Gasteiger partial charge in [-0.05, 0) is 23.3 Å². The Labute approximate surface area is 111 Å². The molecule has 0 saturated heterocycles. The zero-order chi connectivity index (χ0) is 13.1. The summed E-state index contributed by atoms with van der Waals surface area (Å²) in [4.78, 5) is 1.59. The van der Waals surface area contributed by atoms with Gasteiger partial charge in [-0.25, -0.2) is 0 Å². The van der Waals surface area contributed by atoms with Gasteiger partial charge in [-0.1, -0.05) is 54.6 Å². The van der Waals surface area contributed by atoms with E-state index in [1.807, 2.05) is 43.3 Å². The van der Waals surface area contributed by atoms with Crippen molar-refractivity contribution in [1.29, 1.82) is 0 Å². The normalized spacial score (nSPS) is 10.6. The molecule has 3 aromatic rings. The zero-order valence-corrected chi connectivity index (χ0v) is 10.7. The molecule has 94 valence electrons. The number of aryl methyl sites for hydroxylation is 1. The highest BCUT2D eigenvalue weighted by Gasteiger charge is 2.11. The number of aromatic nitrogens is 4. The maximum Gasteiger partial charge on any atom is 0.205 e. The van der Waals surface area contributed by atoms with Gasteiger partial charge in [-0.3, -0.25) is 0 Å². The lowest BCUT2D eigenvalue weighted by Crippen LogP contribution is -1.98. The van der Waals surface area contributed by atoms with Gasteiger partial charge in [0.25, 0.3) is 0 Å². The Balaban J connectivity index is 2.12. The topological polar surface area (TPSA) is 43.6 Å². The van der Waals surface area contributed by atoms with Crippen LogP contribution in [0.15, 0.2) is 54.6 Å². The molecule has 1 aromatic heterocycles. The van der Waals surface area contributed by atoms with Gasteiger partial charge in [0.1, 0.15) is 0 Å². The van der Waals surface area contributed by atoms with E-state index in [-0.39, 0.29) is 0 Å². The fourth-order valence-corrected chi connectivity index (χ4v) is 2.03. The van der Waals surface area contributed by atoms with Gasteiger partial charge in [0.05, 0.1) is 6.54 Å². The summed E-state index contributed by atoms with van der Waals surface area (Å²) < 4.78 is 0. The molecule has 4 nitrogen and oxygen atoms in total. The fraction of sp³-hybridized carbons (Fsp3) is 0.133. The quantitative estimate of drug-likeness (QED) is 0.717. The molecule has 0 amide bonds. The Morgan fingerprint density at radius 2 is 1.58 bits per heavy atom. The maximum atomic E-state index is 4.38. The van der Waals surface area contributed by atoms with E-state index in [4.69, 9.17) is 0 Å². The SMILES string of the molecule is CCn1nnc(-c2ccccc2-c2ccccc2)n1. The molecular weight excluding hydrogens is 236 g/mol. The third kappa shape index (κ3) is 2.25. The summed E-state index contributed by atoms with van der Waals surface area (Å²) in [5.41, 5.74) is 3.29. The molecule has 0 N–H and O–H groups in total. The van der Waals surface area contributed by atoms with Crippen LogP contribution in [0.5, 0.6) is 0 Å². The monoisotopic (exact) mass is 250 g/mol. The Hall–Kier alpha value is -2.49. The van der Waals surface area contributed by atoms with Gasteiger partial charge in [-0.15, -0.1) is 10.2 Å². The predicted octanol–water partition coefficient (Wildman–Crippen LogP) is 3.03. The molecule has 0 unspecified atom stereocenters. The second kappa shape index (κ2) is 5.02. The van der Waals surface area contributed by atoms with Crippen molar-refractivity contribution in [3.8, 4) is 22.5 Å². The molecule has 0 radical (unpaired) electrons. The van der Waals surface area contributed by atoms with Crippen LogP contribution >= 0.6 is 0 Å². The molecule has 0 aliphatic carbocycles. The van der Waals surface area contributed by atoms with Gasteiger partial charge in [0.15, 0.2) is 0 Å². The molecule has 0 fully saturated rings. The third-order valence-corrected chi connectivity index (χ3v) is 2.99. The van der Waals surface area contributed by atoms with Crippen LogP contribution in [0.2, 0.25) is 0 Å². The minimum absolute atomic E-state index is 0.668. The molecule has 1 heterocycles. The van der Waals surface area contributed by atoms with Gasteiger partial charge in [0, 0.05) is 5.56 Å². The Morgan fingerprint density at radius 3 is 2.26 bits per heavy atom. The van der Waals surface area contributed by atoms with E-state index in [2.05, 4.69) is 33.6 Å². The molecular formula is C15H14N4. The van der Waals surface area contributed by atoms with E-state index in [0.29, 0.717) is 5.82 Å². The highest BCUT2D eigenvalue weighted by atomic mass is 15.6. The smallest absolute Gasteiger partial charge is 0.164 e. The summed E-state index contributed by atoms with van der Waals surface area (Å²) in [6.45, 7) is 2.72. The molecule has 4 heteroatoms. The molecule has 2 aromatic carbocycles. The van der Waals surface area contributed by atoms with E-state index in [9.17, 15) is 0 Å². The minimum atomic E-state index is 0.668. The van der Waals surface area contributed by atoms with Crippen LogP contribution in [0.1, 0.15) is 6.92 Å². The van der Waals surface area contributed by atoms with Crippen molar-refractivity contribution in [2.75, 3.05) is 0 Å². The number of rotatable bonds is 3. The highest BCUT2D eigenvalue weighted by Crippen LogP contribution is 2.29. The molecule has 0 spiro atoms. The van der Waals surface area contributed by atoms with Crippen molar-refractivity contribution < 1.29 is 0 Å². The third-order valence-electron chi connectivity index (χ3n) is 2.99. The Morgan fingerprint density at radius 1 is 0.895 bits per heavy atom. The predicted molar refractivity (Wildman–Crippen MR) is 74.4 cm³/mol. The average Bonchev–Trinajstić information content (AvgIpc) is 2.97. The second-order valence-corrected chi connectivity index (χ2v) is 4.21. The molecule has 0 aliphatic rings. The fourth-order valence-electron chi connectivity index (χ4n) is 2.03. The Kier molecular flexibility index (Phi) is 3.06.